The van der Waals surface area contributed by atoms with Gasteiger partial charge in [0.05, 0.1) is 0 Å². The Kier molecular flexibility index (Phi) is 4.76. The minimum atomic E-state index is -0.703. The Balaban J connectivity index is 1.58. The van der Waals surface area contributed by atoms with Crippen molar-refractivity contribution in [1.29, 1.82) is 0 Å². The van der Waals surface area contributed by atoms with Gasteiger partial charge in [0.1, 0.15) is 0 Å². The summed E-state index contributed by atoms with van der Waals surface area (Å²) in [5.41, 5.74) is 8.26. The molecule has 27 heavy (non-hydrogen) atoms. The third-order valence-corrected chi connectivity index (χ3v) is 8.63. The summed E-state index contributed by atoms with van der Waals surface area (Å²) in [6.45, 7) is 5.41. The van der Waals surface area contributed by atoms with E-state index in [9.17, 15) is 9.90 Å². The Morgan fingerprint density at radius 3 is 2.70 bits per heavy atom. The van der Waals surface area contributed by atoms with Crippen LogP contribution >= 0.6 is 0 Å². The van der Waals surface area contributed by atoms with Crippen LogP contribution in [0.3, 0.4) is 0 Å². The van der Waals surface area contributed by atoms with Crippen LogP contribution in [0.25, 0.3) is 0 Å². The van der Waals surface area contributed by atoms with E-state index >= 15 is 0 Å². The van der Waals surface area contributed by atoms with Crippen molar-refractivity contribution >= 4 is 11.9 Å². The molecule has 0 aliphatic heterocycles. The van der Waals surface area contributed by atoms with Crippen molar-refractivity contribution in [3.8, 4) is 0 Å². The fourth-order valence-corrected chi connectivity index (χ4v) is 7.15. The average molecular weight is 374 g/mol. The number of aliphatic imine (C=N–C) groups is 1. The molecule has 0 radical (unpaired) electrons. The maximum Gasteiger partial charge on any atom is 0.331 e. The van der Waals surface area contributed by atoms with Gasteiger partial charge in [-0.25, -0.2) is 4.79 Å². The lowest BCUT2D eigenvalue weighted by Gasteiger charge is -2.52. The van der Waals surface area contributed by atoms with E-state index in [1.165, 1.54) is 50.5 Å². The van der Waals surface area contributed by atoms with Gasteiger partial charge in [-0.1, -0.05) is 38.7 Å². The Morgan fingerprint density at radius 1 is 1.26 bits per heavy atom. The molecule has 0 amide bonds. The summed E-state index contributed by atoms with van der Waals surface area (Å²) in [7, 11) is 0. The Morgan fingerprint density at radius 2 is 2.00 bits per heavy atom. The molecule has 3 fully saturated rings. The van der Waals surface area contributed by atoms with E-state index in [4.69, 9.17) is 10.7 Å². The van der Waals surface area contributed by atoms with Crippen LogP contribution in [0.5, 0.6) is 0 Å². The fourth-order valence-electron chi connectivity index (χ4n) is 7.15. The number of hydrogen-bond acceptors (Lipinski definition) is 2. The molecule has 4 atom stereocenters. The minimum Gasteiger partial charge on any atom is -0.478 e. The zero-order chi connectivity index (χ0) is 19.2. The summed E-state index contributed by atoms with van der Waals surface area (Å²) in [5.74, 6) is 0.936. The van der Waals surface area contributed by atoms with E-state index in [-0.39, 0.29) is 10.8 Å². The molecule has 0 heterocycles. The van der Waals surface area contributed by atoms with Gasteiger partial charge in [-0.3, -0.25) is 4.99 Å². The van der Waals surface area contributed by atoms with Crippen LogP contribution in [0, 0.1) is 22.7 Å². The molecule has 5 heteroatoms. The van der Waals surface area contributed by atoms with Crippen LogP contribution in [0.15, 0.2) is 16.1 Å². The number of hydrogen-bond donors (Lipinski definition) is 3. The largest absolute Gasteiger partial charge is 0.478 e. The number of aliphatic carboxylic acids is 1. The number of nitrogens with two attached hydrogens (primary N) is 1. The zero-order valence-corrected chi connectivity index (χ0v) is 16.9. The molecule has 3 saturated carbocycles. The second-order valence-electron chi connectivity index (χ2n) is 9.71. The lowest BCUT2D eigenvalue weighted by atomic mass is 9.52. The molecule has 0 aromatic heterocycles. The molecule has 0 aromatic rings. The Bertz CT molecular complexity index is 679. The van der Waals surface area contributed by atoms with E-state index in [2.05, 4.69) is 19.2 Å². The first-order valence-corrected chi connectivity index (χ1v) is 10.9. The summed E-state index contributed by atoms with van der Waals surface area (Å²) in [6, 6.07) is 0.469. The Hall–Kier alpha value is -1.52. The highest BCUT2D eigenvalue weighted by Crippen LogP contribution is 2.72. The zero-order valence-electron chi connectivity index (χ0n) is 16.9. The van der Waals surface area contributed by atoms with Gasteiger partial charge in [-0.05, 0) is 62.2 Å². The molecular weight excluding hydrogens is 338 g/mol. The van der Waals surface area contributed by atoms with Crippen molar-refractivity contribution < 1.29 is 9.90 Å². The van der Waals surface area contributed by atoms with Gasteiger partial charge in [-0.2, -0.15) is 0 Å². The molecule has 0 unspecified atom stereocenters. The molecule has 5 nitrogen and oxygen atoms in total. The van der Waals surface area contributed by atoms with E-state index in [1.54, 1.807) is 0 Å². The van der Waals surface area contributed by atoms with E-state index in [1.807, 2.05) is 0 Å². The quantitative estimate of drug-likeness (QED) is 0.516. The SMILES string of the molecule is C[C@@H]1CC[C@@H]2CC3=C(C(=O)O)CC[C@@]31[C@]2(C)CN=C(N)NC1CCCCC1. The molecule has 4 aliphatic rings. The highest BCUT2D eigenvalue weighted by atomic mass is 16.4. The molecule has 150 valence electrons. The summed E-state index contributed by atoms with van der Waals surface area (Å²) in [5, 5.41) is 13.2. The molecule has 1 spiro atoms. The van der Waals surface area contributed by atoms with Crippen molar-refractivity contribution in [1.82, 2.24) is 5.32 Å². The number of carboxylic acid groups (broad SMARTS) is 1. The third-order valence-electron chi connectivity index (χ3n) is 8.63. The second-order valence-corrected chi connectivity index (χ2v) is 9.71. The summed E-state index contributed by atoms with van der Waals surface area (Å²) in [4.78, 5) is 16.6. The van der Waals surface area contributed by atoms with Crippen molar-refractivity contribution in [3.63, 3.8) is 0 Å². The number of nitrogens with zero attached hydrogens (tertiary/aromatic N) is 1. The number of carbonyl (C=O) groups is 1. The highest BCUT2D eigenvalue weighted by molar-refractivity contribution is 5.89. The lowest BCUT2D eigenvalue weighted by molar-refractivity contribution is -0.132. The molecule has 0 saturated heterocycles. The van der Waals surface area contributed by atoms with Crippen molar-refractivity contribution in [2.45, 2.75) is 84.1 Å². The molecule has 4 N–H and O–H groups in total. The van der Waals surface area contributed by atoms with Gasteiger partial charge in [0.25, 0.3) is 0 Å². The minimum absolute atomic E-state index is 0.0122. The van der Waals surface area contributed by atoms with Gasteiger partial charge < -0.3 is 16.2 Å². The predicted molar refractivity (Wildman–Crippen MR) is 107 cm³/mol. The monoisotopic (exact) mass is 373 g/mol. The van der Waals surface area contributed by atoms with E-state index in [0.29, 0.717) is 36.0 Å². The van der Waals surface area contributed by atoms with Crippen molar-refractivity contribution in [2.24, 2.45) is 33.4 Å². The van der Waals surface area contributed by atoms with Gasteiger partial charge in [0.15, 0.2) is 5.96 Å². The molecule has 0 aromatic carbocycles. The number of nitrogens with one attached hydrogen (secondary N) is 1. The van der Waals surface area contributed by atoms with Gasteiger partial charge in [-0.15, -0.1) is 0 Å². The first kappa shape index (κ1) is 18.8. The number of rotatable bonds is 4. The summed E-state index contributed by atoms with van der Waals surface area (Å²) >= 11 is 0. The first-order valence-electron chi connectivity index (χ1n) is 10.9. The average Bonchev–Trinajstić information content (AvgIpc) is 3.08. The lowest BCUT2D eigenvalue weighted by Crippen LogP contribution is -2.49. The normalized spacial score (nSPS) is 39.6. The molecule has 2 bridgehead atoms. The standard InChI is InChI=1S/C22H35N3O2/c1-14-8-9-15-12-18-17(19(26)27)10-11-22(14,18)21(15,2)13-24-20(23)25-16-6-4-3-5-7-16/h14-16H,3-13H2,1-2H3,(H,26,27)(H3,23,24,25)/t14-,15-,21-,22+/m1/s1. The number of guanidine groups is 1. The van der Waals surface area contributed by atoms with Gasteiger partial charge in [0, 0.05) is 23.6 Å². The topological polar surface area (TPSA) is 87.7 Å². The van der Waals surface area contributed by atoms with Gasteiger partial charge >= 0.3 is 5.97 Å². The van der Waals surface area contributed by atoms with E-state index in [0.717, 1.165) is 19.3 Å². The maximum absolute atomic E-state index is 11.8. The van der Waals surface area contributed by atoms with Crippen LogP contribution in [0.1, 0.15) is 78.1 Å². The highest BCUT2D eigenvalue weighted by Gasteiger charge is 2.66. The number of allylic oxidation sites excluding steroid dienone is 1. The third kappa shape index (κ3) is 2.80. The summed E-state index contributed by atoms with van der Waals surface area (Å²) < 4.78 is 0. The van der Waals surface area contributed by atoms with Crippen LogP contribution in [-0.2, 0) is 4.79 Å². The van der Waals surface area contributed by atoms with Crippen LogP contribution in [0.2, 0.25) is 0 Å². The van der Waals surface area contributed by atoms with Crippen molar-refractivity contribution in [3.05, 3.63) is 11.1 Å². The van der Waals surface area contributed by atoms with Gasteiger partial charge in [0.2, 0.25) is 0 Å². The first-order chi connectivity index (χ1) is 12.9. The molecule has 4 aliphatic carbocycles. The van der Waals surface area contributed by atoms with Crippen molar-refractivity contribution in [2.75, 3.05) is 6.54 Å². The van der Waals surface area contributed by atoms with Crippen LogP contribution in [0.4, 0.5) is 0 Å². The maximum atomic E-state index is 11.8. The van der Waals surface area contributed by atoms with Crippen LogP contribution in [-0.4, -0.2) is 29.6 Å². The Labute approximate surface area is 162 Å². The number of carboxylic acids is 1. The molecular formula is C22H35N3O2. The predicted octanol–water partition coefficient (Wildman–Crippen LogP) is 3.84. The summed E-state index contributed by atoms with van der Waals surface area (Å²) in [6.07, 6.45) is 11.3. The van der Waals surface area contributed by atoms with E-state index < -0.39 is 5.97 Å². The molecule has 4 rings (SSSR count). The smallest absolute Gasteiger partial charge is 0.331 e. The fraction of sp³-hybridized carbons (Fsp3) is 0.818. The number of fused-ring (bicyclic) bond motifs is 1. The second kappa shape index (κ2) is 6.82. The van der Waals surface area contributed by atoms with Crippen LogP contribution < -0.4 is 11.1 Å².